The third kappa shape index (κ3) is 3.54. The first-order valence-corrected chi connectivity index (χ1v) is 7.37. The first-order chi connectivity index (χ1) is 9.15. The van der Waals surface area contributed by atoms with E-state index in [-0.39, 0.29) is 11.9 Å². The molecule has 0 aliphatic carbocycles. The van der Waals surface area contributed by atoms with E-state index in [1.54, 1.807) is 7.11 Å². The molecule has 1 aliphatic rings. The van der Waals surface area contributed by atoms with Crippen molar-refractivity contribution in [2.75, 3.05) is 26.7 Å². The van der Waals surface area contributed by atoms with Gasteiger partial charge in [-0.1, -0.05) is 22.0 Å². The largest absolute Gasteiger partial charge is 0.381 e. The molecule has 3 nitrogen and oxygen atoms in total. The molecule has 0 amide bonds. The van der Waals surface area contributed by atoms with Crippen molar-refractivity contribution in [1.29, 1.82) is 0 Å². The van der Waals surface area contributed by atoms with E-state index in [9.17, 15) is 4.39 Å². The third-order valence-electron chi connectivity index (χ3n) is 3.80. The minimum atomic E-state index is -0.196. The summed E-state index contributed by atoms with van der Waals surface area (Å²) in [6, 6.07) is 5.13. The van der Waals surface area contributed by atoms with Gasteiger partial charge in [-0.3, -0.25) is 4.90 Å². The molecule has 1 fully saturated rings. The van der Waals surface area contributed by atoms with Crippen LogP contribution in [-0.4, -0.2) is 37.7 Å². The van der Waals surface area contributed by atoms with Gasteiger partial charge in [0.1, 0.15) is 5.82 Å². The summed E-state index contributed by atoms with van der Waals surface area (Å²) in [5, 5.41) is 0. The van der Waals surface area contributed by atoms with Crippen molar-refractivity contribution in [1.82, 2.24) is 4.90 Å². The lowest BCUT2D eigenvalue weighted by atomic mass is 10.00. The van der Waals surface area contributed by atoms with E-state index in [0.29, 0.717) is 18.2 Å². The quantitative estimate of drug-likeness (QED) is 0.922. The Morgan fingerprint density at radius 1 is 1.47 bits per heavy atom. The van der Waals surface area contributed by atoms with Gasteiger partial charge in [0.2, 0.25) is 0 Å². The molecule has 106 valence electrons. The van der Waals surface area contributed by atoms with Crippen LogP contribution in [0.15, 0.2) is 22.7 Å². The Bertz CT molecular complexity index is 422. The number of piperidine rings is 1. The van der Waals surface area contributed by atoms with Crippen LogP contribution in [0, 0.1) is 5.82 Å². The molecule has 0 bridgehead atoms. The predicted molar refractivity (Wildman–Crippen MR) is 77.5 cm³/mol. The second kappa shape index (κ2) is 6.79. The summed E-state index contributed by atoms with van der Waals surface area (Å²) in [4.78, 5) is 2.25. The normalized spacial score (nSPS) is 19.6. The summed E-state index contributed by atoms with van der Waals surface area (Å²) < 4.78 is 20.2. The molecule has 0 spiro atoms. The van der Waals surface area contributed by atoms with Crippen LogP contribution in [0.4, 0.5) is 4.39 Å². The SMILES string of the molecule is COC1CCN(C(CN)c2ccc(Br)cc2F)CC1. The van der Waals surface area contributed by atoms with Crippen LogP contribution in [0.5, 0.6) is 0 Å². The standard InChI is InChI=1S/C14H20BrFN2O/c1-19-11-4-6-18(7-5-11)14(9-17)12-3-2-10(15)8-13(12)16/h2-3,8,11,14H,4-7,9,17H2,1H3. The Balaban J connectivity index is 2.12. The Labute approximate surface area is 122 Å². The molecule has 2 N–H and O–H groups in total. The van der Waals surface area contributed by atoms with E-state index >= 15 is 0 Å². The van der Waals surface area contributed by atoms with Crippen molar-refractivity contribution in [3.8, 4) is 0 Å². The van der Waals surface area contributed by atoms with Gasteiger partial charge in [0.15, 0.2) is 0 Å². The van der Waals surface area contributed by atoms with E-state index in [2.05, 4.69) is 20.8 Å². The summed E-state index contributed by atoms with van der Waals surface area (Å²) in [5.74, 6) is -0.196. The maximum absolute atomic E-state index is 14.0. The Morgan fingerprint density at radius 2 is 2.16 bits per heavy atom. The Morgan fingerprint density at radius 3 is 2.68 bits per heavy atom. The molecule has 1 unspecified atom stereocenters. The second-order valence-electron chi connectivity index (χ2n) is 4.89. The number of hydrogen-bond donors (Lipinski definition) is 1. The number of ether oxygens (including phenoxy) is 1. The molecule has 2 rings (SSSR count). The first kappa shape index (κ1) is 14.9. The summed E-state index contributed by atoms with van der Waals surface area (Å²) in [5.41, 5.74) is 6.54. The monoisotopic (exact) mass is 330 g/mol. The molecule has 0 aromatic heterocycles. The molecule has 1 aromatic rings. The number of likely N-dealkylation sites (tertiary alicyclic amines) is 1. The van der Waals surface area contributed by atoms with Crippen LogP contribution in [0.2, 0.25) is 0 Å². The predicted octanol–water partition coefficient (Wildman–Crippen LogP) is 2.70. The Kier molecular flexibility index (Phi) is 5.33. The van der Waals surface area contributed by atoms with E-state index in [1.807, 2.05) is 12.1 Å². The minimum Gasteiger partial charge on any atom is -0.381 e. The van der Waals surface area contributed by atoms with Crippen LogP contribution >= 0.6 is 15.9 Å². The fourth-order valence-electron chi connectivity index (χ4n) is 2.67. The van der Waals surface area contributed by atoms with Gasteiger partial charge in [-0.2, -0.15) is 0 Å². The van der Waals surface area contributed by atoms with Crippen molar-refractivity contribution in [3.63, 3.8) is 0 Å². The lowest BCUT2D eigenvalue weighted by molar-refractivity contribution is 0.0275. The third-order valence-corrected chi connectivity index (χ3v) is 4.29. The number of benzene rings is 1. The van der Waals surface area contributed by atoms with Gasteiger partial charge >= 0.3 is 0 Å². The zero-order chi connectivity index (χ0) is 13.8. The Hall–Kier alpha value is -0.490. The number of halogens is 2. The fraction of sp³-hybridized carbons (Fsp3) is 0.571. The molecular formula is C14H20BrFN2O. The van der Waals surface area contributed by atoms with Crippen molar-refractivity contribution < 1.29 is 9.13 Å². The molecule has 1 aliphatic heterocycles. The highest BCUT2D eigenvalue weighted by molar-refractivity contribution is 9.10. The number of nitrogens with two attached hydrogens (primary N) is 1. The molecular weight excluding hydrogens is 311 g/mol. The second-order valence-corrected chi connectivity index (χ2v) is 5.80. The van der Waals surface area contributed by atoms with Gasteiger partial charge in [-0.15, -0.1) is 0 Å². The summed E-state index contributed by atoms with van der Waals surface area (Å²) in [7, 11) is 1.75. The molecule has 5 heteroatoms. The van der Waals surface area contributed by atoms with Crippen LogP contribution < -0.4 is 5.73 Å². The first-order valence-electron chi connectivity index (χ1n) is 6.57. The molecule has 1 heterocycles. The summed E-state index contributed by atoms with van der Waals surface area (Å²) >= 11 is 3.28. The molecule has 1 aromatic carbocycles. The highest BCUT2D eigenvalue weighted by Crippen LogP contribution is 2.28. The van der Waals surface area contributed by atoms with Gasteiger partial charge in [-0.25, -0.2) is 4.39 Å². The fourth-order valence-corrected chi connectivity index (χ4v) is 3.00. The van der Waals surface area contributed by atoms with Gasteiger partial charge in [0.25, 0.3) is 0 Å². The maximum atomic E-state index is 14.0. The minimum absolute atomic E-state index is 0.0501. The zero-order valence-corrected chi connectivity index (χ0v) is 12.7. The average Bonchev–Trinajstić information content (AvgIpc) is 2.42. The number of methoxy groups -OCH3 is 1. The van der Waals surface area contributed by atoms with Gasteiger partial charge in [0, 0.05) is 42.8 Å². The number of nitrogens with zero attached hydrogens (tertiary/aromatic N) is 1. The highest BCUT2D eigenvalue weighted by Gasteiger charge is 2.26. The molecule has 0 radical (unpaired) electrons. The highest BCUT2D eigenvalue weighted by atomic mass is 79.9. The molecule has 1 saturated heterocycles. The van der Waals surface area contributed by atoms with Crippen LogP contribution in [0.25, 0.3) is 0 Å². The van der Waals surface area contributed by atoms with Crippen molar-refractivity contribution in [2.45, 2.75) is 25.0 Å². The average molecular weight is 331 g/mol. The van der Waals surface area contributed by atoms with Crippen LogP contribution in [0.3, 0.4) is 0 Å². The van der Waals surface area contributed by atoms with Gasteiger partial charge in [0.05, 0.1) is 6.10 Å². The topological polar surface area (TPSA) is 38.5 Å². The zero-order valence-electron chi connectivity index (χ0n) is 11.1. The van der Waals surface area contributed by atoms with Gasteiger partial charge < -0.3 is 10.5 Å². The summed E-state index contributed by atoms with van der Waals surface area (Å²) in [6.07, 6.45) is 2.28. The van der Waals surface area contributed by atoms with E-state index in [1.165, 1.54) is 6.07 Å². The van der Waals surface area contributed by atoms with Gasteiger partial charge in [-0.05, 0) is 25.0 Å². The van der Waals surface area contributed by atoms with E-state index in [0.717, 1.165) is 30.4 Å². The smallest absolute Gasteiger partial charge is 0.129 e. The number of hydrogen-bond acceptors (Lipinski definition) is 3. The summed E-state index contributed by atoms with van der Waals surface area (Å²) in [6.45, 7) is 2.22. The van der Waals surface area contributed by atoms with Crippen molar-refractivity contribution >= 4 is 15.9 Å². The van der Waals surface area contributed by atoms with E-state index in [4.69, 9.17) is 10.5 Å². The maximum Gasteiger partial charge on any atom is 0.129 e. The lowest BCUT2D eigenvalue weighted by Gasteiger charge is -2.37. The lowest BCUT2D eigenvalue weighted by Crippen LogP contribution is -2.42. The van der Waals surface area contributed by atoms with Crippen molar-refractivity contribution in [2.24, 2.45) is 5.73 Å². The van der Waals surface area contributed by atoms with Crippen LogP contribution in [0.1, 0.15) is 24.4 Å². The number of rotatable bonds is 4. The van der Waals surface area contributed by atoms with Crippen molar-refractivity contribution in [3.05, 3.63) is 34.1 Å². The molecule has 0 saturated carbocycles. The molecule has 19 heavy (non-hydrogen) atoms. The molecule has 1 atom stereocenters. The van der Waals surface area contributed by atoms with E-state index < -0.39 is 0 Å². The van der Waals surface area contributed by atoms with Crippen LogP contribution in [-0.2, 0) is 4.74 Å².